The molecule has 0 saturated carbocycles. The number of aryl methyl sites for hydroxylation is 1. The van der Waals surface area contributed by atoms with Crippen LogP contribution in [0, 0.1) is 0 Å². The van der Waals surface area contributed by atoms with Crippen molar-refractivity contribution in [2.45, 2.75) is 43.7 Å². The number of ether oxygens (including phenoxy) is 3. The van der Waals surface area contributed by atoms with Gasteiger partial charge in [-0.1, -0.05) is 6.07 Å². The summed E-state index contributed by atoms with van der Waals surface area (Å²) in [4.78, 5) is 14.0. The van der Waals surface area contributed by atoms with Crippen LogP contribution in [0.4, 0.5) is 0 Å². The molecule has 10 heteroatoms. The molecule has 9 nitrogen and oxygen atoms in total. The Hall–Kier alpha value is -1.85. The smallest absolute Gasteiger partial charge is 0.522 e. The second kappa shape index (κ2) is 7.77. The van der Waals surface area contributed by atoms with Gasteiger partial charge in [-0.05, 0) is 24.4 Å². The molecule has 1 aromatic carbocycles. The number of aromatic carboxylic acids is 1. The normalized spacial score (nSPS) is 29.6. The quantitative estimate of drug-likeness (QED) is 0.444. The number of carboxylic acid groups (broad SMARTS) is 1. The fourth-order valence-corrected chi connectivity index (χ4v) is 4.30. The van der Waals surface area contributed by atoms with E-state index in [4.69, 9.17) is 18.9 Å². The number of hydrogen-bond acceptors (Lipinski definition) is 8. The predicted octanol–water partition coefficient (Wildman–Crippen LogP) is -0.0334. The van der Waals surface area contributed by atoms with Crippen LogP contribution >= 0.6 is 0 Å². The van der Waals surface area contributed by atoms with E-state index >= 15 is 0 Å². The highest BCUT2D eigenvalue weighted by molar-refractivity contribution is 6.44. The van der Waals surface area contributed by atoms with Crippen molar-refractivity contribution in [3.63, 3.8) is 0 Å². The molecule has 3 atom stereocenters. The molecule has 5 rings (SSSR count). The second-order valence-corrected chi connectivity index (χ2v) is 8.03. The van der Waals surface area contributed by atoms with Gasteiger partial charge in [0.1, 0.15) is 35.5 Å². The zero-order valence-corrected chi connectivity index (χ0v) is 16.1. The molecule has 3 fully saturated rings. The highest BCUT2D eigenvalue weighted by atomic mass is 16.6. The molecule has 0 spiro atoms. The molecule has 0 bridgehead atoms. The van der Waals surface area contributed by atoms with Crippen molar-refractivity contribution in [3.8, 4) is 11.5 Å². The number of morpholine rings is 1. The van der Waals surface area contributed by atoms with Crippen molar-refractivity contribution in [2.24, 2.45) is 0 Å². The van der Waals surface area contributed by atoms with Gasteiger partial charge < -0.3 is 34.3 Å². The molecule has 156 valence electrons. The third kappa shape index (κ3) is 3.95. The fourth-order valence-electron chi connectivity index (χ4n) is 4.30. The largest absolute Gasteiger partial charge is 0.535 e. The first-order chi connectivity index (χ1) is 14.1. The van der Waals surface area contributed by atoms with Gasteiger partial charge in [0.05, 0.1) is 12.7 Å². The van der Waals surface area contributed by atoms with E-state index in [-0.39, 0.29) is 41.6 Å². The number of carboxylic acids is 1. The zero-order chi connectivity index (χ0) is 20.0. The van der Waals surface area contributed by atoms with E-state index in [2.05, 4.69) is 10.2 Å². The summed E-state index contributed by atoms with van der Waals surface area (Å²) in [5.41, 5.74) is 0.770. The summed E-state index contributed by atoms with van der Waals surface area (Å²) in [5.74, 6) is -0.615. The van der Waals surface area contributed by atoms with Gasteiger partial charge in [0, 0.05) is 32.6 Å². The molecule has 1 aromatic rings. The summed E-state index contributed by atoms with van der Waals surface area (Å²) < 4.78 is 22.9. The lowest BCUT2D eigenvalue weighted by Gasteiger charge is -2.38. The van der Waals surface area contributed by atoms with Crippen molar-refractivity contribution in [2.75, 3.05) is 32.8 Å². The summed E-state index contributed by atoms with van der Waals surface area (Å²) in [7, 11) is -0.984. The van der Waals surface area contributed by atoms with E-state index in [0.29, 0.717) is 25.8 Å². The third-order valence-corrected chi connectivity index (χ3v) is 5.91. The molecule has 4 heterocycles. The summed E-state index contributed by atoms with van der Waals surface area (Å²) in [6.45, 7) is 3.89. The van der Waals surface area contributed by atoms with Crippen molar-refractivity contribution in [1.82, 2.24) is 10.2 Å². The number of nitrogens with zero attached hydrogens (tertiary/aromatic N) is 1. The van der Waals surface area contributed by atoms with Crippen LogP contribution in [0.3, 0.4) is 0 Å². The van der Waals surface area contributed by atoms with Crippen LogP contribution in [0.2, 0.25) is 6.32 Å². The average molecular weight is 404 g/mol. The number of epoxide rings is 1. The molecule has 3 N–H and O–H groups in total. The maximum absolute atomic E-state index is 11.8. The van der Waals surface area contributed by atoms with E-state index < -0.39 is 13.1 Å². The Balaban J connectivity index is 1.17. The monoisotopic (exact) mass is 404 g/mol. The van der Waals surface area contributed by atoms with Crippen LogP contribution in [-0.4, -0.2) is 85.4 Å². The fraction of sp³-hybridized carbons (Fsp3) is 0.632. The lowest BCUT2D eigenvalue weighted by atomic mass is 9.78. The Bertz CT molecular complexity index is 782. The number of carbonyl (C=O) groups is 1. The van der Waals surface area contributed by atoms with E-state index in [0.717, 1.165) is 31.7 Å². The Labute approximate surface area is 169 Å². The van der Waals surface area contributed by atoms with Crippen molar-refractivity contribution in [1.29, 1.82) is 0 Å². The zero-order valence-electron chi connectivity index (χ0n) is 16.1. The van der Waals surface area contributed by atoms with E-state index in [1.807, 2.05) is 6.07 Å². The Morgan fingerprint density at radius 3 is 3.00 bits per heavy atom. The van der Waals surface area contributed by atoms with Gasteiger partial charge in [-0.25, -0.2) is 4.79 Å². The second-order valence-electron chi connectivity index (χ2n) is 8.03. The molecule has 0 aliphatic carbocycles. The van der Waals surface area contributed by atoms with E-state index in [1.54, 1.807) is 6.07 Å². The molecule has 3 unspecified atom stereocenters. The number of likely N-dealkylation sites (tertiary alicyclic amines) is 1. The molecule has 3 saturated heterocycles. The van der Waals surface area contributed by atoms with Crippen molar-refractivity contribution in [3.05, 3.63) is 23.3 Å². The van der Waals surface area contributed by atoms with Gasteiger partial charge in [-0.15, -0.1) is 0 Å². The standard InChI is InChI=1S/C19H25BN2O7/c23-19(24)16-14(2-1-11-3-4-20(25)29-17(11)16)27-13-9-22(10-13)18-15(28-18)7-12-8-21-5-6-26-12/h1-2,12-13,15,18,21,25H,3-10H2,(H,23,24). The van der Waals surface area contributed by atoms with Gasteiger partial charge in [0.25, 0.3) is 0 Å². The molecular weight excluding hydrogens is 379 g/mol. The minimum absolute atomic E-state index is 0.0119. The summed E-state index contributed by atoms with van der Waals surface area (Å²) in [5, 5.41) is 22.7. The Morgan fingerprint density at radius 1 is 1.38 bits per heavy atom. The maximum Gasteiger partial charge on any atom is 0.522 e. The number of nitrogens with one attached hydrogen (secondary N) is 1. The van der Waals surface area contributed by atoms with Gasteiger partial charge in [0.2, 0.25) is 0 Å². The van der Waals surface area contributed by atoms with Crippen LogP contribution < -0.4 is 14.7 Å². The third-order valence-electron chi connectivity index (χ3n) is 5.91. The minimum Gasteiger partial charge on any atom is -0.535 e. The first kappa shape index (κ1) is 19.1. The molecule has 0 aromatic heterocycles. The maximum atomic E-state index is 11.8. The minimum atomic E-state index is -1.12. The summed E-state index contributed by atoms with van der Waals surface area (Å²) in [6, 6.07) is 3.51. The van der Waals surface area contributed by atoms with Crippen LogP contribution in [0.25, 0.3) is 0 Å². The lowest BCUT2D eigenvalue weighted by molar-refractivity contribution is -0.0100. The number of benzene rings is 1. The van der Waals surface area contributed by atoms with Crippen LogP contribution in [0.1, 0.15) is 22.3 Å². The molecule has 0 amide bonds. The van der Waals surface area contributed by atoms with Gasteiger partial charge in [-0.2, -0.15) is 0 Å². The lowest BCUT2D eigenvalue weighted by Crippen LogP contribution is -2.55. The number of hydrogen-bond donors (Lipinski definition) is 3. The Morgan fingerprint density at radius 2 is 2.24 bits per heavy atom. The van der Waals surface area contributed by atoms with Crippen LogP contribution in [0.15, 0.2) is 12.1 Å². The molecule has 29 heavy (non-hydrogen) atoms. The van der Waals surface area contributed by atoms with Crippen LogP contribution in [-0.2, 0) is 15.9 Å². The first-order valence-electron chi connectivity index (χ1n) is 10.2. The van der Waals surface area contributed by atoms with Crippen molar-refractivity contribution >= 4 is 13.1 Å². The Kier molecular flexibility index (Phi) is 5.13. The van der Waals surface area contributed by atoms with Crippen LogP contribution in [0.5, 0.6) is 11.5 Å². The SMILES string of the molecule is O=C(O)c1c(OC2CN(C3OC3CC3CNCCO3)C2)ccc2c1OB(O)CC2. The summed E-state index contributed by atoms with van der Waals surface area (Å²) >= 11 is 0. The van der Waals surface area contributed by atoms with Gasteiger partial charge >= 0.3 is 13.1 Å². The van der Waals surface area contributed by atoms with Gasteiger partial charge in [-0.3, -0.25) is 4.90 Å². The molecule has 4 aliphatic heterocycles. The van der Waals surface area contributed by atoms with Crippen molar-refractivity contribution < 1.29 is 33.8 Å². The molecular formula is C19H25BN2O7. The molecule has 4 aliphatic rings. The van der Waals surface area contributed by atoms with Gasteiger partial charge in [0.15, 0.2) is 0 Å². The summed E-state index contributed by atoms with van der Waals surface area (Å²) in [6.07, 6.45) is 2.31. The highest BCUT2D eigenvalue weighted by Gasteiger charge is 2.49. The number of rotatable bonds is 6. The topological polar surface area (TPSA) is 113 Å². The van der Waals surface area contributed by atoms with E-state index in [1.165, 1.54) is 0 Å². The molecule has 0 radical (unpaired) electrons. The highest BCUT2D eigenvalue weighted by Crippen LogP contribution is 2.39. The number of fused-ring (bicyclic) bond motifs is 1. The average Bonchev–Trinajstić information content (AvgIpc) is 3.42. The first-order valence-corrected chi connectivity index (χ1v) is 10.2. The van der Waals surface area contributed by atoms with E-state index in [9.17, 15) is 14.9 Å². The predicted molar refractivity (Wildman–Crippen MR) is 102 cm³/mol.